The molecule has 3 rings (SSSR count). The maximum Gasteiger partial charge on any atom is 0.304 e. The Bertz CT molecular complexity index is 882. The van der Waals surface area contributed by atoms with Crippen LogP contribution in [0.2, 0.25) is 0 Å². The van der Waals surface area contributed by atoms with Crippen molar-refractivity contribution < 1.29 is 19.1 Å². The smallest absolute Gasteiger partial charge is 0.304 e. The molecule has 5 nitrogen and oxygen atoms in total. The van der Waals surface area contributed by atoms with Crippen LogP contribution in [0.25, 0.3) is 0 Å². The van der Waals surface area contributed by atoms with Crippen molar-refractivity contribution in [3.8, 4) is 5.75 Å². The lowest BCUT2D eigenvalue weighted by Crippen LogP contribution is -2.41. The predicted octanol–water partition coefficient (Wildman–Crippen LogP) is 4.55. The lowest BCUT2D eigenvalue weighted by Gasteiger charge is -2.24. The molecule has 1 aliphatic rings. The molecule has 0 saturated heterocycles. The van der Waals surface area contributed by atoms with Crippen molar-refractivity contribution in [2.75, 3.05) is 12.0 Å². The summed E-state index contributed by atoms with van der Waals surface area (Å²) in [5, 5.41) is 0. The first kappa shape index (κ1) is 18.9. The Labute approximate surface area is 168 Å². The van der Waals surface area contributed by atoms with Gasteiger partial charge in [0.15, 0.2) is 0 Å². The third kappa shape index (κ3) is 3.25. The zero-order valence-corrected chi connectivity index (χ0v) is 17.7. The summed E-state index contributed by atoms with van der Waals surface area (Å²) < 4.78 is 12.2. The van der Waals surface area contributed by atoms with E-state index in [9.17, 15) is 9.59 Å². The standard InChI is InChI=1S/C19H17Br2NO4/c1-11(23)26-19(2)17-15(21)8-13(20)9-16(17)22(18(19)24)10-12-4-6-14(25-3)7-5-12/h4-9H,10H2,1-3H3. The maximum atomic E-state index is 13.2. The van der Waals surface area contributed by atoms with Crippen molar-refractivity contribution >= 4 is 49.4 Å². The third-order valence-corrected chi connectivity index (χ3v) is 5.39. The van der Waals surface area contributed by atoms with Crippen LogP contribution < -0.4 is 9.64 Å². The van der Waals surface area contributed by atoms with Crippen molar-refractivity contribution in [3.05, 3.63) is 56.5 Å². The highest BCUT2D eigenvalue weighted by Crippen LogP contribution is 2.48. The first-order valence-corrected chi connectivity index (χ1v) is 9.49. The lowest BCUT2D eigenvalue weighted by molar-refractivity contribution is -0.163. The van der Waals surface area contributed by atoms with E-state index >= 15 is 0 Å². The largest absolute Gasteiger partial charge is 0.497 e. The molecule has 0 N–H and O–H groups in total. The van der Waals surface area contributed by atoms with Crippen LogP contribution in [-0.2, 0) is 26.5 Å². The average molecular weight is 483 g/mol. The van der Waals surface area contributed by atoms with Gasteiger partial charge in [-0.2, -0.15) is 0 Å². The average Bonchev–Trinajstić information content (AvgIpc) is 2.76. The summed E-state index contributed by atoms with van der Waals surface area (Å²) in [6.07, 6.45) is 0. The van der Waals surface area contributed by atoms with E-state index in [1.165, 1.54) is 6.92 Å². The zero-order valence-electron chi connectivity index (χ0n) is 14.5. The third-order valence-electron chi connectivity index (χ3n) is 4.30. The molecule has 0 fully saturated rings. The van der Waals surface area contributed by atoms with Gasteiger partial charge in [-0.3, -0.25) is 9.59 Å². The topological polar surface area (TPSA) is 55.8 Å². The summed E-state index contributed by atoms with van der Waals surface area (Å²) in [5.74, 6) is -0.0395. The monoisotopic (exact) mass is 481 g/mol. The van der Waals surface area contributed by atoms with Crippen molar-refractivity contribution in [1.82, 2.24) is 0 Å². The normalized spacial score (nSPS) is 18.7. The molecule has 0 bridgehead atoms. The number of esters is 1. The molecular weight excluding hydrogens is 466 g/mol. The van der Waals surface area contributed by atoms with Gasteiger partial charge >= 0.3 is 5.97 Å². The van der Waals surface area contributed by atoms with Gasteiger partial charge in [0.1, 0.15) is 5.75 Å². The Balaban J connectivity index is 2.06. The molecule has 1 aliphatic heterocycles. The molecule has 0 saturated carbocycles. The lowest BCUT2D eigenvalue weighted by atomic mass is 9.97. The highest BCUT2D eigenvalue weighted by molar-refractivity contribution is 9.11. The molecule has 1 unspecified atom stereocenters. The molecule has 0 spiro atoms. The molecule has 136 valence electrons. The van der Waals surface area contributed by atoms with Gasteiger partial charge in [0, 0.05) is 21.4 Å². The van der Waals surface area contributed by atoms with Gasteiger partial charge in [0.25, 0.3) is 5.91 Å². The molecule has 1 amide bonds. The second-order valence-electron chi connectivity index (χ2n) is 6.15. The molecule has 2 aromatic carbocycles. The number of ether oxygens (including phenoxy) is 2. The Morgan fingerprint density at radius 2 is 1.85 bits per heavy atom. The minimum atomic E-state index is -1.37. The summed E-state index contributed by atoms with van der Waals surface area (Å²) in [7, 11) is 1.61. The van der Waals surface area contributed by atoms with E-state index in [4.69, 9.17) is 9.47 Å². The maximum absolute atomic E-state index is 13.2. The quantitative estimate of drug-likeness (QED) is 0.600. The number of rotatable bonds is 4. The number of amides is 1. The van der Waals surface area contributed by atoms with Crippen LogP contribution in [0.4, 0.5) is 5.69 Å². The van der Waals surface area contributed by atoms with Gasteiger partial charge in [-0.1, -0.05) is 44.0 Å². The summed E-state index contributed by atoms with van der Waals surface area (Å²) in [6, 6.07) is 11.2. The van der Waals surface area contributed by atoms with Gasteiger partial charge in [-0.25, -0.2) is 0 Å². The number of carbonyl (C=O) groups excluding carboxylic acids is 2. The number of halogens is 2. The van der Waals surface area contributed by atoms with Crippen molar-refractivity contribution in [2.45, 2.75) is 26.0 Å². The van der Waals surface area contributed by atoms with Gasteiger partial charge in [-0.05, 0) is 36.8 Å². The Kier molecular flexibility index (Phi) is 5.12. The van der Waals surface area contributed by atoms with Crippen LogP contribution in [0.1, 0.15) is 25.0 Å². The molecular formula is C19H17Br2NO4. The van der Waals surface area contributed by atoms with Gasteiger partial charge in [0.05, 0.1) is 19.3 Å². The number of carbonyl (C=O) groups is 2. The number of nitrogens with zero attached hydrogens (tertiary/aromatic N) is 1. The first-order chi connectivity index (χ1) is 12.3. The summed E-state index contributed by atoms with van der Waals surface area (Å²) in [5.41, 5.74) is 0.922. The number of benzene rings is 2. The minimum Gasteiger partial charge on any atom is -0.497 e. The zero-order chi connectivity index (χ0) is 19.1. The number of methoxy groups -OCH3 is 1. The second-order valence-corrected chi connectivity index (χ2v) is 7.92. The highest BCUT2D eigenvalue weighted by Gasteiger charge is 2.51. The van der Waals surface area contributed by atoms with E-state index < -0.39 is 11.6 Å². The summed E-state index contributed by atoms with van der Waals surface area (Å²) in [6.45, 7) is 3.29. The summed E-state index contributed by atoms with van der Waals surface area (Å²) in [4.78, 5) is 26.5. The van der Waals surface area contributed by atoms with Crippen LogP contribution in [0, 0.1) is 0 Å². The van der Waals surface area contributed by atoms with E-state index in [-0.39, 0.29) is 5.91 Å². The van der Waals surface area contributed by atoms with E-state index in [1.54, 1.807) is 18.9 Å². The number of hydrogen-bond acceptors (Lipinski definition) is 4. The van der Waals surface area contributed by atoms with Crippen LogP contribution >= 0.6 is 31.9 Å². The number of fused-ring (bicyclic) bond motifs is 1. The number of anilines is 1. The fourth-order valence-electron chi connectivity index (χ4n) is 3.17. The van der Waals surface area contributed by atoms with Crippen LogP contribution in [0.15, 0.2) is 45.3 Å². The molecule has 0 aromatic heterocycles. The minimum absolute atomic E-state index is 0.280. The highest BCUT2D eigenvalue weighted by atomic mass is 79.9. The van der Waals surface area contributed by atoms with Crippen molar-refractivity contribution in [3.63, 3.8) is 0 Å². The van der Waals surface area contributed by atoms with Crippen molar-refractivity contribution in [2.24, 2.45) is 0 Å². The van der Waals surface area contributed by atoms with E-state index in [0.29, 0.717) is 22.3 Å². The Hall–Kier alpha value is -1.86. The van der Waals surface area contributed by atoms with Crippen LogP contribution in [0.5, 0.6) is 5.75 Å². The van der Waals surface area contributed by atoms with Gasteiger partial charge in [-0.15, -0.1) is 0 Å². The second kappa shape index (κ2) is 7.04. The van der Waals surface area contributed by atoms with E-state index in [1.807, 2.05) is 36.4 Å². The molecule has 0 aliphatic carbocycles. The van der Waals surface area contributed by atoms with Crippen molar-refractivity contribution in [1.29, 1.82) is 0 Å². The fraction of sp³-hybridized carbons (Fsp3) is 0.263. The van der Waals surface area contributed by atoms with E-state index in [0.717, 1.165) is 15.8 Å². The molecule has 1 heterocycles. The first-order valence-electron chi connectivity index (χ1n) is 7.90. The SMILES string of the molecule is COc1ccc(CN2C(=O)C(C)(OC(C)=O)c3c(Br)cc(Br)cc32)cc1. The molecule has 26 heavy (non-hydrogen) atoms. The van der Waals surface area contributed by atoms with Crippen LogP contribution in [-0.4, -0.2) is 19.0 Å². The Morgan fingerprint density at radius 1 is 1.19 bits per heavy atom. The molecule has 1 atom stereocenters. The predicted molar refractivity (Wildman–Crippen MR) is 105 cm³/mol. The molecule has 2 aromatic rings. The summed E-state index contributed by atoms with van der Waals surface area (Å²) >= 11 is 6.97. The van der Waals surface area contributed by atoms with Gasteiger partial charge < -0.3 is 14.4 Å². The Morgan fingerprint density at radius 3 is 2.42 bits per heavy atom. The number of hydrogen-bond donors (Lipinski definition) is 0. The van der Waals surface area contributed by atoms with E-state index in [2.05, 4.69) is 31.9 Å². The molecule has 0 radical (unpaired) electrons. The fourth-order valence-corrected chi connectivity index (χ4v) is 4.75. The molecule has 7 heteroatoms. The van der Waals surface area contributed by atoms with Crippen LogP contribution in [0.3, 0.4) is 0 Å². The van der Waals surface area contributed by atoms with Gasteiger partial charge in [0.2, 0.25) is 5.60 Å².